The van der Waals surface area contributed by atoms with E-state index < -0.39 is 0 Å². The molecule has 4 rings (SSSR count). The number of H-pyrrole nitrogens is 1. The highest BCUT2D eigenvalue weighted by molar-refractivity contribution is 9.10. The normalized spacial score (nSPS) is 13.5. The number of nitrogens with zero attached hydrogens (tertiary/aromatic N) is 4. The molecule has 1 aliphatic carbocycles. The lowest BCUT2D eigenvalue weighted by molar-refractivity contribution is 0.102. The molecule has 24 heavy (non-hydrogen) atoms. The van der Waals surface area contributed by atoms with Gasteiger partial charge in [0.1, 0.15) is 6.33 Å². The average molecular weight is 387 g/mol. The molecule has 0 aliphatic heterocycles. The number of fused-ring (bicyclic) bond motifs is 1. The maximum absolute atomic E-state index is 12.6. The molecule has 1 aliphatic rings. The Morgan fingerprint density at radius 3 is 2.96 bits per heavy atom. The van der Waals surface area contributed by atoms with Crippen LogP contribution in [-0.4, -0.2) is 30.9 Å². The van der Waals surface area contributed by atoms with Crippen LogP contribution in [0.3, 0.4) is 0 Å². The molecule has 122 valence electrons. The fraction of sp³-hybridized carbons (Fsp3) is 0.250. The van der Waals surface area contributed by atoms with Gasteiger partial charge in [-0.2, -0.15) is 15.2 Å². The van der Waals surface area contributed by atoms with Crippen molar-refractivity contribution in [1.82, 2.24) is 25.0 Å². The summed E-state index contributed by atoms with van der Waals surface area (Å²) in [5.74, 6) is 0.0558. The summed E-state index contributed by atoms with van der Waals surface area (Å²) in [7, 11) is 0. The minimum absolute atomic E-state index is 0.265. The van der Waals surface area contributed by atoms with Crippen LogP contribution in [0.15, 0.2) is 35.1 Å². The first kappa shape index (κ1) is 15.1. The lowest BCUT2D eigenvalue weighted by atomic mass is 9.95. The number of carbonyl (C=O) groups is 1. The van der Waals surface area contributed by atoms with E-state index in [1.165, 1.54) is 6.33 Å². The van der Waals surface area contributed by atoms with E-state index >= 15 is 0 Å². The van der Waals surface area contributed by atoms with Crippen LogP contribution in [0.2, 0.25) is 0 Å². The van der Waals surface area contributed by atoms with Gasteiger partial charge in [-0.3, -0.25) is 10.1 Å². The van der Waals surface area contributed by atoms with Crippen molar-refractivity contribution >= 4 is 27.8 Å². The zero-order chi connectivity index (χ0) is 16.5. The standard InChI is InChI=1S/C16H15BrN6O/c17-10-4-3-5-11(8-10)23-13-7-2-1-6-12(13)14(22-23)15(24)20-16-18-9-19-21-16/h3-5,8-9H,1-2,6-7H2,(H2,18,19,20,21,24). The van der Waals surface area contributed by atoms with E-state index in [0.717, 1.165) is 47.1 Å². The molecule has 0 fully saturated rings. The fourth-order valence-electron chi connectivity index (χ4n) is 3.04. The van der Waals surface area contributed by atoms with E-state index in [4.69, 9.17) is 0 Å². The van der Waals surface area contributed by atoms with Gasteiger partial charge in [0, 0.05) is 15.7 Å². The van der Waals surface area contributed by atoms with Crippen molar-refractivity contribution < 1.29 is 4.79 Å². The van der Waals surface area contributed by atoms with Crippen LogP contribution in [0, 0.1) is 0 Å². The number of aromatic amines is 1. The molecule has 0 radical (unpaired) electrons. The number of hydrogen-bond acceptors (Lipinski definition) is 4. The summed E-state index contributed by atoms with van der Waals surface area (Å²) >= 11 is 3.49. The Bertz CT molecular complexity index is 886. The number of rotatable bonds is 3. The molecular weight excluding hydrogens is 372 g/mol. The Morgan fingerprint density at radius 2 is 2.17 bits per heavy atom. The first-order valence-electron chi connectivity index (χ1n) is 7.76. The molecule has 2 heterocycles. The highest BCUT2D eigenvalue weighted by Gasteiger charge is 2.26. The summed E-state index contributed by atoms with van der Waals surface area (Å²) in [6, 6.07) is 7.92. The quantitative estimate of drug-likeness (QED) is 0.724. The number of halogens is 1. The molecule has 0 saturated carbocycles. The summed E-state index contributed by atoms with van der Waals surface area (Å²) in [6.07, 6.45) is 5.31. The number of carbonyl (C=O) groups excluding carboxylic acids is 1. The van der Waals surface area contributed by atoms with Gasteiger partial charge in [-0.15, -0.1) is 0 Å². The Morgan fingerprint density at radius 1 is 1.29 bits per heavy atom. The van der Waals surface area contributed by atoms with Crippen LogP contribution in [0.5, 0.6) is 0 Å². The first-order chi connectivity index (χ1) is 11.7. The second kappa shape index (κ2) is 6.20. The van der Waals surface area contributed by atoms with Gasteiger partial charge in [0.05, 0.1) is 5.69 Å². The molecule has 0 unspecified atom stereocenters. The van der Waals surface area contributed by atoms with E-state index in [9.17, 15) is 4.79 Å². The molecule has 7 nitrogen and oxygen atoms in total. The summed E-state index contributed by atoms with van der Waals surface area (Å²) in [6.45, 7) is 0. The van der Waals surface area contributed by atoms with Crippen molar-refractivity contribution in [3.63, 3.8) is 0 Å². The second-order valence-electron chi connectivity index (χ2n) is 5.66. The maximum atomic E-state index is 12.6. The molecule has 2 N–H and O–H groups in total. The second-order valence-corrected chi connectivity index (χ2v) is 6.58. The summed E-state index contributed by atoms with van der Waals surface area (Å²) < 4.78 is 2.86. The predicted molar refractivity (Wildman–Crippen MR) is 92.2 cm³/mol. The maximum Gasteiger partial charge on any atom is 0.278 e. The van der Waals surface area contributed by atoms with Crippen molar-refractivity contribution in [2.75, 3.05) is 5.32 Å². The van der Waals surface area contributed by atoms with Gasteiger partial charge in [-0.25, -0.2) is 9.78 Å². The van der Waals surface area contributed by atoms with Crippen molar-refractivity contribution in [2.24, 2.45) is 0 Å². The summed E-state index contributed by atoms with van der Waals surface area (Å²) in [5.41, 5.74) is 3.54. The molecule has 0 bridgehead atoms. The van der Waals surface area contributed by atoms with E-state index in [-0.39, 0.29) is 5.91 Å². The lowest BCUT2D eigenvalue weighted by Gasteiger charge is -2.14. The van der Waals surface area contributed by atoms with Gasteiger partial charge in [0.2, 0.25) is 5.95 Å². The van der Waals surface area contributed by atoms with Crippen molar-refractivity contribution in [2.45, 2.75) is 25.7 Å². The SMILES string of the molecule is O=C(Nc1ncn[nH]1)c1nn(-c2cccc(Br)c2)c2c1CCCC2. The number of benzene rings is 1. The van der Waals surface area contributed by atoms with Crippen molar-refractivity contribution in [1.29, 1.82) is 0 Å². The van der Waals surface area contributed by atoms with Gasteiger partial charge in [0.25, 0.3) is 5.91 Å². The minimum Gasteiger partial charge on any atom is -0.289 e. The van der Waals surface area contributed by atoms with Crippen LogP contribution < -0.4 is 5.32 Å². The molecule has 0 saturated heterocycles. The fourth-order valence-corrected chi connectivity index (χ4v) is 3.42. The summed E-state index contributed by atoms with van der Waals surface area (Å²) in [4.78, 5) is 16.5. The molecule has 8 heteroatoms. The highest BCUT2D eigenvalue weighted by atomic mass is 79.9. The highest BCUT2D eigenvalue weighted by Crippen LogP contribution is 2.28. The molecule has 0 atom stereocenters. The molecule has 0 spiro atoms. The van der Waals surface area contributed by atoms with Gasteiger partial charge in [-0.1, -0.05) is 22.0 Å². The Hall–Kier alpha value is -2.48. The minimum atomic E-state index is -0.265. The number of aromatic nitrogens is 5. The van der Waals surface area contributed by atoms with E-state index in [2.05, 4.69) is 41.5 Å². The topological polar surface area (TPSA) is 88.5 Å². The Labute approximate surface area is 146 Å². The monoisotopic (exact) mass is 386 g/mol. The van der Waals surface area contributed by atoms with Crippen LogP contribution in [0.4, 0.5) is 5.95 Å². The smallest absolute Gasteiger partial charge is 0.278 e. The first-order valence-corrected chi connectivity index (χ1v) is 8.55. The van der Waals surface area contributed by atoms with E-state index in [1.807, 2.05) is 28.9 Å². The number of hydrogen-bond donors (Lipinski definition) is 2. The molecule has 2 aromatic heterocycles. The van der Waals surface area contributed by atoms with Crippen LogP contribution in [-0.2, 0) is 12.8 Å². The van der Waals surface area contributed by atoms with Crippen LogP contribution >= 0.6 is 15.9 Å². The van der Waals surface area contributed by atoms with Gasteiger partial charge in [0.15, 0.2) is 5.69 Å². The van der Waals surface area contributed by atoms with E-state index in [0.29, 0.717) is 11.6 Å². The molecule has 1 aromatic carbocycles. The van der Waals surface area contributed by atoms with Crippen molar-refractivity contribution in [3.8, 4) is 5.69 Å². The zero-order valence-corrected chi connectivity index (χ0v) is 14.4. The Balaban J connectivity index is 1.76. The number of amides is 1. The van der Waals surface area contributed by atoms with Gasteiger partial charge >= 0.3 is 0 Å². The molecule has 3 aromatic rings. The third-order valence-electron chi connectivity index (χ3n) is 4.10. The van der Waals surface area contributed by atoms with E-state index in [1.54, 1.807) is 0 Å². The van der Waals surface area contributed by atoms with Crippen LogP contribution in [0.1, 0.15) is 34.6 Å². The lowest BCUT2D eigenvalue weighted by Crippen LogP contribution is -2.16. The number of nitrogens with one attached hydrogen (secondary N) is 2. The predicted octanol–water partition coefficient (Wildman–Crippen LogP) is 2.88. The van der Waals surface area contributed by atoms with Gasteiger partial charge in [-0.05, 0) is 43.9 Å². The van der Waals surface area contributed by atoms with Crippen molar-refractivity contribution in [3.05, 3.63) is 52.0 Å². The third-order valence-corrected chi connectivity index (χ3v) is 4.59. The third kappa shape index (κ3) is 2.73. The Kier molecular flexibility index (Phi) is 3.89. The molecule has 1 amide bonds. The number of anilines is 1. The zero-order valence-electron chi connectivity index (χ0n) is 12.8. The molecular formula is C16H15BrN6O. The summed E-state index contributed by atoms with van der Waals surface area (Å²) in [5, 5.41) is 13.7. The van der Waals surface area contributed by atoms with Crippen LogP contribution in [0.25, 0.3) is 5.69 Å². The largest absolute Gasteiger partial charge is 0.289 e. The average Bonchev–Trinajstić information content (AvgIpc) is 3.22. The van der Waals surface area contributed by atoms with Gasteiger partial charge < -0.3 is 0 Å².